The van der Waals surface area contributed by atoms with Crippen molar-refractivity contribution in [3.8, 4) is 11.5 Å². The van der Waals surface area contributed by atoms with Crippen LogP contribution >= 0.6 is 23.2 Å². The highest BCUT2D eigenvalue weighted by Crippen LogP contribution is 2.34. The van der Waals surface area contributed by atoms with Crippen LogP contribution in [0, 0.1) is 0 Å². The summed E-state index contributed by atoms with van der Waals surface area (Å²) in [6.45, 7) is 0.155. The second-order valence-corrected chi connectivity index (χ2v) is 4.81. The van der Waals surface area contributed by atoms with Gasteiger partial charge in [-0.25, -0.2) is 4.98 Å². The molecule has 0 fully saturated rings. The van der Waals surface area contributed by atoms with Crippen LogP contribution in [0.25, 0.3) is 0 Å². The van der Waals surface area contributed by atoms with Gasteiger partial charge in [0, 0.05) is 18.1 Å². The molecule has 1 aromatic carbocycles. The highest BCUT2D eigenvalue weighted by molar-refractivity contribution is 6.31. The van der Waals surface area contributed by atoms with Crippen LogP contribution in [0.1, 0.15) is 16.2 Å². The van der Waals surface area contributed by atoms with E-state index in [4.69, 9.17) is 32.7 Å². The molecule has 7 heteroatoms. The number of carbonyl (C=O) groups is 1. The quantitative estimate of drug-likeness (QED) is 0.796. The van der Waals surface area contributed by atoms with Gasteiger partial charge in [-0.15, -0.1) is 0 Å². The van der Waals surface area contributed by atoms with Crippen molar-refractivity contribution in [1.29, 1.82) is 0 Å². The van der Waals surface area contributed by atoms with E-state index in [1.54, 1.807) is 17.7 Å². The van der Waals surface area contributed by atoms with Gasteiger partial charge >= 0.3 is 0 Å². The molecule has 0 aliphatic heterocycles. The lowest BCUT2D eigenvalue weighted by molar-refractivity contribution is 0.111. The minimum atomic E-state index is 0.155. The molecule has 0 spiro atoms. The van der Waals surface area contributed by atoms with Crippen molar-refractivity contribution in [2.24, 2.45) is 7.05 Å². The van der Waals surface area contributed by atoms with E-state index < -0.39 is 0 Å². The fourth-order valence-corrected chi connectivity index (χ4v) is 2.04. The number of ether oxygens (including phenoxy) is 2. The zero-order valence-electron chi connectivity index (χ0n) is 10.9. The summed E-state index contributed by atoms with van der Waals surface area (Å²) in [5.41, 5.74) is 0.314. The molecule has 2 aromatic rings. The van der Waals surface area contributed by atoms with Crippen LogP contribution in [0.15, 0.2) is 18.3 Å². The first-order chi connectivity index (χ1) is 9.56. The van der Waals surface area contributed by atoms with Gasteiger partial charge in [-0.05, 0) is 6.07 Å². The van der Waals surface area contributed by atoms with Gasteiger partial charge in [0.25, 0.3) is 0 Å². The van der Waals surface area contributed by atoms with Crippen molar-refractivity contribution in [2.45, 2.75) is 6.61 Å². The first-order valence-electron chi connectivity index (χ1n) is 5.68. The first kappa shape index (κ1) is 14.7. The van der Waals surface area contributed by atoms with Gasteiger partial charge in [0.2, 0.25) is 0 Å². The van der Waals surface area contributed by atoms with Crippen LogP contribution in [0.2, 0.25) is 10.2 Å². The number of benzene rings is 1. The first-order valence-corrected chi connectivity index (χ1v) is 6.44. The second-order valence-electron chi connectivity index (χ2n) is 3.99. The number of nitrogens with zero attached hydrogens (tertiary/aromatic N) is 2. The summed E-state index contributed by atoms with van der Waals surface area (Å²) < 4.78 is 12.5. The molecule has 0 aliphatic carbocycles. The number of methoxy groups -OCH3 is 1. The average Bonchev–Trinajstić information content (AvgIpc) is 2.76. The maximum atomic E-state index is 11.1. The van der Waals surface area contributed by atoms with E-state index >= 15 is 0 Å². The minimum Gasteiger partial charge on any atom is -0.493 e. The normalized spacial score (nSPS) is 10.4. The fraction of sp³-hybridized carbons (Fsp3) is 0.231. The number of aldehydes is 1. The molecule has 0 saturated carbocycles. The van der Waals surface area contributed by atoms with Gasteiger partial charge in [0.05, 0.1) is 18.9 Å². The van der Waals surface area contributed by atoms with Gasteiger partial charge < -0.3 is 14.0 Å². The van der Waals surface area contributed by atoms with E-state index in [0.29, 0.717) is 39.3 Å². The molecule has 106 valence electrons. The molecule has 0 atom stereocenters. The molecule has 0 bridgehead atoms. The van der Waals surface area contributed by atoms with Gasteiger partial charge in [-0.3, -0.25) is 4.79 Å². The summed E-state index contributed by atoms with van der Waals surface area (Å²) >= 11 is 11.8. The van der Waals surface area contributed by atoms with E-state index in [2.05, 4.69) is 4.98 Å². The lowest BCUT2D eigenvalue weighted by Crippen LogP contribution is -2.06. The van der Waals surface area contributed by atoms with E-state index in [0.717, 1.165) is 0 Å². The van der Waals surface area contributed by atoms with Crippen LogP contribution in [0.3, 0.4) is 0 Å². The van der Waals surface area contributed by atoms with E-state index in [1.165, 1.54) is 19.4 Å². The van der Waals surface area contributed by atoms with Crippen LogP contribution in [0.4, 0.5) is 0 Å². The lowest BCUT2D eigenvalue weighted by Gasteiger charge is -2.13. The van der Waals surface area contributed by atoms with Crippen LogP contribution in [-0.4, -0.2) is 22.9 Å². The predicted octanol–water partition coefficient (Wildman–Crippen LogP) is 3.13. The molecule has 0 unspecified atom stereocenters. The maximum Gasteiger partial charge on any atom is 0.172 e. The molecule has 2 rings (SSSR count). The highest BCUT2D eigenvalue weighted by atomic mass is 35.5. The molecule has 1 aromatic heterocycles. The van der Waals surface area contributed by atoms with Crippen molar-refractivity contribution in [3.63, 3.8) is 0 Å². The number of halogens is 2. The third kappa shape index (κ3) is 2.89. The Morgan fingerprint density at radius 2 is 2.15 bits per heavy atom. The Morgan fingerprint density at radius 1 is 1.40 bits per heavy atom. The third-order valence-corrected chi connectivity index (χ3v) is 3.34. The number of hydrogen-bond acceptors (Lipinski definition) is 4. The number of rotatable bonds is 5. The Bertz CT molecular complexity index is 641. The minimum absolute atomic E-state index is 0.155. The lowest BCUT2D eigenvalue weighted by atomic mass is 10.2. The monoisotopic (exact) mass is 314 g/mol. The largest absolute Gasteiger partial charge is 0.493 e. The van der Waals surface area contributed by atoms with Crippen molar-refractivity contribution in [2.75, 3.05) is 7.11 Å². The van der Waals surface area contributed by atoms with Crippen molar-refractivity contribution >= 4 is 29.5 Å². The molecule has 0 aliphatic rings. The van der Waals surface area contributed by atoms with Crippen LogP contribution < -0.4 is 9.47 Å². The topological polar surface area (TPSA) is 53.4 Å². The zero-order chi connectivity index (χ0) is 14.7. The standard InChI is InChI=1S/C13H12Cl2N2O3/c1-17-11(15)5-16-12(17)7-20-13-8(6-18)3-9(14)4-10(13)19-2/h3-6H,7H2,1-2H3. The fourth-order valence-electron chi connectivity index (χ4n) is 1.68. The van der Waals surface area contributed by atoms with Crippen molar-refractivity contribution in [3.05, 3.63) is 39.9 Å². The molecule has 1 heterocycles. The summed E-state index contributed by atoms with van der Waals surface area (Å²) in [6.07, 6.45) is 2.19. The Kier molecular flexibility index (Phi) is 4.52. The molecule has 0 radical (unpaired) electrons. The SMILES string of the molecule is COc1cc(Cl)cc(C=O)c1OCc1ncc(Cl)n1C. The smallest absolute Gasteiger partial charge is 0.172 e. The Balaban J connectivity index is 2.28. The Labute approximate surface area is 126 Å². The maximum absolute atomic E-state index is 11.1. The van der Waals surface area contributed by atoms with E-state index in [9.17, 15) is 4.79 Å². The number of aromatic nitrogens is 2. The van der Waals surface area contributed by atoms with Gasteiger partial charge in [-0.1, -0.05) is 23.2 Å². The molecular formula is C13H12Cl2N2O3. The number of imidazole rings is 1. The van der Waals surface area contributed by atoms with Crippen LogP contribution in [-0.2, 0) is 13.7 Å². The number of hydrogen-bond donors (Lipinski definition) is 0. The van der Waals surface area contributed by atoms with Gasteiger partial charge in [0.15, 0.2) is 17.8 Å². The summed E-state index contributed by atoms with van der Waals surface area (Å²) in [5.74, 6) is 1.34. The third-order valence-electron chi connectivity index (χ3n) is 2.77. The highest BCUT2D eigenvalue weighted by Gasteiger charge is 2.14. The zero-order valence-corrected chi connectivity index (χ0v) is 12.4. The number of carbonyl (C=O) groups excluding carboxylic acids is 1. The van der Waals surface area contributed by atoms with Crippen molar-refractivity contribution in [1.82, 2.24) is 9.55 Å². The molecular weight excluding hydrogens is 303 g/mol. The molecule has 20 heavy (non-hydrogen) atoms. The summed E-state index contributed by atoms with van der Waals surface area (Å²) in [4.78, 5) is 15.2. The molecule has 0 N–H and O–H groups in total. The Morgan fingerprint density at radius 3 is 2.70 bits per heavy atom. The predicted molar refractivity (Wildman–Crippen MR) is 75.9 cm³/mol. The second kappa shape index (κ2) is 6.15. The molecule has 0 amide bonds. The summed E-state index contributed by atoms with van der Waals surface area (Å²) in [5, 5.41) is 0.901. The van der Waals surface area contributed by atoms with Gasteiger partial charge in [0.1, 0.15) is 17.6 Å². The average molecular weight is 315 g/mol. The van der Waals surface area contributed by atoms with E-state index in [1.807, 2.05) is 0 Å². The van der Waals surface area contributed by atoms with Crippen LogP contribution in [0.5, 0.6) is 11.5 Å². The Hall–Kier alpha value is -1.72. The molecule has 5 nitrogen and oxygen atoms in total. The summed E-state index contributed by atoms with van der Waals surface area (Å²) in [7, 11) is 3.25. The van der Waals surface area contributed by atoms with E-state index in [-0.39, 0.29) is 6.61 Å². The van der Waals surface area contributed by atoms with Crippen molar-refractivity contribution < 1.29 is 14.3 Å². The summed E-state index contributed by atoms with van der Waals surface area (Å²) in [6, 6.07) is 3.09. The molecule has 0 saturated heterocycles. The van der Waals surface area contributed by atoms with Gasteiger partial charge in [-0.2, -0.15) is 0 Å².